The van der Waals surface area contributed by atoms with Gasteiger partial charge < -0.3 is 29.2 Å². The van der Waals surface area contributed by atoms with Crippen molar-refractivity contribution in [1.82, 2.24) is 0 Å². The average molecular weight is 318 g/mol. The Balaban J connectivity index is 1.93. The molecule has 130 valence electrons. The highest BCUT2D eigenvalue weighted by atomic mass is 16.7. The Morgan fingerprint density at radius 2 is 1.41 bits per heavy atom. The predicted octanol–water partition coefficient (Wildman–Crippen LogP) is 0.944. The van der Waals surface area contributed by atoms with Crippen molar-refractivity contribution in [2.75, 3.05) is 52.9 Å². The second kappa shape index (κ2) is 7.55. The Morgan fingerprint density at radius 3 is 1.82 bits per heavy atom. The van der Waals surface area contributed by atoms with Gasteiger partial charge in [-0.25, -0.2) is 0 Å². The summed E-state index contributed by atoms with van der Waals surface area (Å²) >= 11 is 0. The largest absolute Gasteiger partial charge is 0.396 e. The highest BCUT2D eigenvalue weighted by molar-refractivity contribution is 4.84. The lowest BCUT2D eigenvalue weighted by Gasteiger charge is -2.45. The third-order valence-electron chi connectivity index (χ3n) is 4.91. The van der Waals surface area contributed by atoms with E-state index in [1.165, 1.54) is 0 Å². The molecule has 2 heterocycles. The van der Waals surface area contributed by atoms with Gasteiger partial charge in [0.15, 0.2) is 5.79 Å². The fourth-order valence-corrected chi connectivity index (χ4v) is 2.68. The molecule has 2 rings (SSSR count). The van der Waals surface area contributed by atoms with Gasteiger partial charge in [-0.05, 0) is 6.42 Å². The topological polar surface area (TPSA) is 77.4 Å². The molecule has 2 aliphatic heterocycles. The van der Waals surface area contributed by atoms with E-state index in [0.717, 1.165) is 6.42 Å². The summed E-state index contributed by atoms with van der Waals surface area (Å²) in [5.74, 6) is -0.680. The smallest absolute Gasteiger partial charge is 0.172 e. The zero-order valence-electron chi connectivity index (χ0n) is 13.8. The molecule has 0 bridgehead atoms. The van der Waals surface area contributed by atoms with Crippen LogP contribution in [0, 0.1) is 10.8 Å². The number of rotatable bonds is 3. The van der Waals surface area contributed by atoms with Gasteiger partial charge in [0.25, 0.3) is 0 Å². The Hall–Kier alpha value is -0.240. The van der Waals surface area contributed by atoms with Crippen LogP contribution in [0.4, 0.5) is 0 Å². The second-order valence-corrected chi connectivity index (χ2v) is 7.07. The van der Waals surface area contributed by atoms with Gasteiger partial charge in [0, 0.05) is 23.7 Å². The van der Waals surface area contributed by atoms with Gasteiger partial charge in [0.2, 0.25) is 0 Å². The van der Waals surface area contributed by atoms with E-state index < -0.39 is 5.79 Å². The van der Waals surface area contributed by atoms with Crippen LogP contribution in [0.25, 0.3) is 0 Å². The lowest BCUT2D eigenvalue weighted by molar-refractivity contribution is -0.318. The quantitative estimate of drug-likeness (QED) is 0.806. The van der Waals surface area contributed by atoms with Gasteiger partial charge in [-0.15, -0.1) is 0 Å². The van der Waals surface area contributed by atoms with Crippen LogP contribution >= 0.6 is 0 Å². The number of hydrogen-bond donors (Lipinski definition) is 2. The first-order valence-corrected chi connectivity index (χ1v) is 8.16. The number of hydrogen-bond acceptors (Lipinski definition) is 6. The molecule has 6 heteroatoms. The summed E-state index contributed by atoms with van der Waals surface area (Å²) in [6, 6.07) is 0. The van der Waals surface area contributed by atoms with E-state index >= 15 is 0 Å². The first-order chi connectivity index (χ1) is 10.5. The van der Waals surface area contributed by atoms with E-state index in [1.807, 2.05) is 13.8 Å². The van der Waals surface area contributed by atoms with E-state index in [0.29, 0.717) is 52.5 Å². The van der Waals surface area contributed by atoms with Gasteiger partial charge in [-0.3, -0.25) is 0 Å². The summed E-state index contributed by atoms with van der Waals surface area (Å²) in [5.41, 5.74) is -0.648. The Bertz CT molecular complexity index is 318. The maximum Gasteiger partial charge on any atom is 0.172 e. The summed E-state index contributed by atoms with van der Waals surface area (Å²) < 4.78 is 23.4. The number of aliphatic hydroxyl groups is 2. The molecule has 0 amide bonds. The molecule has 6 nitrogen and oxygen atoms in total. The van der Waals surface area contributed by atoms with Crippen LogP contribution in [0.5, 0.6) is 0 Å². The molecule has 0 aliphatic carbocycles. The molecular weight excluding hydrogens is 288 g/mol. The zero-order valence-corrected chi connectivity index (χ0v) is 13.8. The molecule has 2 fully saturated rings. The molecule has 2 aliphatic rings. The monoisotopic (exact) mass is 318 g/mol. The van der Waals surface area contributed by atoms with Crippen molar-refractivity contribution in [2.45, 2.75) is 38.9 Å². The minimum Gasteiger partial charge on any atom is -0.396 e. The van der Waals surface area contributed by atoms with Crippen LogP contribution in [0.3, 0.4) is 0 Å². The van der Waals surface area contributed by atoms with Gasteiger partial charge in [0.1, 0.15) is 0 Å². The fraction of sp³-hybridized carbons (Fsp3) is 1.00. The lowest BCUT2D eigenvalue weighted by Crippen LogP contribution is -2.51. The SMILES string of the molecule is CCC1(CO)COCCC2(CCOC1)OCC(C)(CO)CO2. The highest BCUT2D eigenvalue weighted by Gasteiger charge is 2.42. The Kier molecular flexibility index (Phi) is 6.22. The molecule has 0 aromatic heterocycles. The summed E-state index contributed by atoms with van der Waals surface area (Å²) in [4.78, 5) is 0. The molecule has 2 N–H and O–H groups in total. The standard InChI is InChI=1S/C16H30O6/c1-3-15(9-18)12-19-6-4-16(5-7-20-13-15)21-10-14(2,8-17)11-22-16/h17-18H,3-13H2,1-2H3. The van der Waals surface area contributed by atoms with Crippen molar-refractivity contribution >= 4 is 0 Å². The molecule has 0 saturated carbocycles. The molecular formula is C16H30O6. The van der Waals surface area contributed by atoms with E-state index in [-0.39, 0.29) is 24.0 Å². The zero-order chi connectivity index (χ0) is 16.1. The predicted molar refractivity (Wildman–Crippen MR) is 80.5 cm³/mol. The van der Waals surface area contributed by atoms with Gasteiger partial charge >= 0.3 is 0 Å². The molecule has 0 aromatic rings. The second-order valence-electron chi connectivity index (χ2n) is 7.07. The first-order valence-electron chi connectivity index (χ1n) is 8.16. The van der Waals surface area contributed by atoms with Crippen molar-refractivity contribution in [1.29, 1.82) is 0 Å². The third kappa shape index (κ3) is 4.19. The van der Waals surface area contributed by atoms with Gasteiger partial charge in [-0.2, -0.15) is 0 Å². The van der Waals surface area contributed by atoms with Crippen LogP contribution in [-0.4, -0.2) is 68.9 Å². The fourth-order valence-electron chi connectivity index (χ4n) is 2.68. The molecule has 0 unspecified atom stereocenters. The normalized spacial score (nSPS) is 41.5. The highest BCUT2D eigenvalue weighted by Crippen LogP contribution is 2.35. The van der Waals surface area contributed by atoms with Crippen LogP contribution in [0.15, 0.2) is 0 Å². The van der Waals surface area contributed by atoms with Crippen molar-refractivity contribution in [3.63, 3.8) is 0 Å². The van der Waals surface area contributed by atoms with Crippen LogP contribution in [0.1, 0.15) is 33.1 Å². The molecule has 2 saturated heterocycles. The van der Waals surface area contributed by atoms with Gasteiger partial charge in [0.05, 0.1) is 52.9 Å². The molecule has 0 atom stereocenters. The van der Waals surface area contributed by atoms with Crippen molar-refractivity contribution in [2.24, 2.45) is 10.8 Å². The van der Waals surface area contributed by atoms with Crippen molar-refractivity contribution < 1.29 is 29.2 Å². The first kappa shape index (κ1) is 18.1. The minimum atomic E-state index is -0.680. The van der Waals surface area contributed by atoms with E-state index in [2.05, 4.69) is 0 Å². The molecule has 0 aromatic carbocycles. The van der Waals surface area contributed by atoms with Crippen LogP contribution < -0.4 is 0 Å². The Labute approximate surface area is 132 Å². The molecule has 0 radical (unpaired) electrons. The van der Waals surface area contributed by atoms with Gasteiger partial charge in [-0.1, -0.05) is 13.8 Å². The number of ether oxygens (including phenoxy) is 4. The third-order valence-corrected chi connectivity index (χ3v) is 4.91. The van der Waals surface area contributed by atoms with Crippen LogP contribution in [0.2, 0.25) is 0 Å². The summed E-state index contributed by atoms with van der Waals surface area (Å²) in [6.45, 7) is 7.05. The molecule has 22 heavy (non-hydrogen) atoms. The summed E-state index contributed by atoms with van der Waals surface area (Å²) in [6.07, 6.45) is 2.07. The molecule has 1 spiro atoms. The maximum atomic E-state index is 9.61. The van der Waals surface area contributed by atoms with Crippen molar-refractivity contribution in [3.8, 4) is 0 Å². The lowest BCUT2D eigenvalue weighted by atomic mass is 9.88. The van der Waals surface area contributed by atoms with E-state index in [4.69, 9.17) is 18.9 Å². The summed E-state index contributed by atoms with van der Waals surface area (Å²) in [5, 5.41) is 19.0. The van der Waals surface area contributed by atoms with E-state index in [1.54, 1.807) is 0 Å². The average Bonchev–Trinajstić information content (AvgIpc) is 2.57. The maximum absolute atomic E-state index is 9.61. The number of aliphatic hydroxyl groups excluding tert-OH is 2. The van der Waals surface area contributed by atoms with Crippen LogP contribution in [-0.2, 0) is 18.9 Å². The van der Waals surface area contributed by atoms with Crippen molar-refractivity contribution in [3.05, 3.63) is 0 Å². The van der Waals surface area contributed by atoms with E-state index in [9.17, 15) is 10.2 Å². The Morgan fingerprint density at radius 1 is 0.864 bits per heavy atom. The summed E-state index contributed by atoms with van der Waals surface area (Å²) in [7, 11) is 0. The minimum absolute atomic E-state index is 0.0472.